The molecule has 2 aromatic rings. The first-order valence-electron chi connectivity index (χ1n) is 13.0. The molecule has 1 saturated carbocycles. The van der Waals surface area contributed by atoms with E-state index in [4.69, 9.17) is 9.47 Å². The summed E-state index contributed by atoms with van der Waals surface area (Å²) in [7, 11) is 0. The van der Waals surface area contributed by atoms with Gasteiger partial charge in [0, 0.05) is 12.5 Å². The topological polar surface area (TPSA) is 121 Å². The molecule has 9 nitrogen and oxygen atoms in total. The molecule has 1 saturated heterocycles. The maximum Gasteiger partial charge on any atom is 0.411 e. The zero-order chi connectivity index (χ0) is 27.0. The molecular formula is C29H32N4O5. The molecule has 38 heavy (non-hydrogen) atoms. The smallest absolute Gasteiger partial charge is 0.411 e. The third-order valence-corrected chi connectivity index (χ3v) is 7.27. The summed E-state index contributed by atoms with van der Waals surface area (Å²) in [6.07, 6.45) is 2.41. The van der Waals surface area contributed by atoms with Gasteiger partial charge in [0.15, 0.2) is 6.61 Å². The van der Waals surface area contributed by atoms with E-state index in [-0.39, 0.29) is 30.4 Å². The Morgan fingerprint density at radius 1 is 1.18 bits per heavy atom. The molecule has 3 amide bonds. The molecule has 1 aliphatic carbocycles. The van der Waals surface area contributed by atoms with Crippen LogP contribution in [-0.4, -0.2) is 53.1 Å². The molecule has 2 heterocycles. The number of benzene rings is 2. The van der Waals surface area contributed by atoms with Gasteiger partial charge in [-0.25, -0.2) is 4.79 Å². The third-order valence-electron chi connectivity index (χ3n) is 7.27. The number of hydrogen-bond acceptors (Lipinski definition) is 6. The number of carbonyl (C=O) groups excluding carboxylic acids is 3. The highest BCUT2D eigenvalue weighted by Crippen LogP contribution is 2.43. The lowest BCUT2D eigenvalue weighted by Crippen LogP contribution is -2.55. The van der Waals surface area contributed by atoms with Gasteiger partial charge in [-0.15, -0.1) is 0 Å². The molecule has 0 aromatic heterocycles. The number of ether oxygens (including phenoxy) is 2. The fourth-order valence-electron chi connectivity index (χ4n) is 5.62. The maximum atomic E-state index is 13.3. The molecule has 2 aromatic carbocycles. The van der Waals surface area contributed by atoms with E-state index in [9.17, 15) is 19.6 Å². The lowest BCUT2D eigenvalue weighted by Gasteiger charge is -2.35. The molecule has 4 atom stereocenters. The normalized spacial score (nSPS) is 22.5. The summed E-state index contributed by atoms with van der Waals surface area (Å²) in [6, 6.07) is 14.2. The van der Waals surface area contributed by atoms with E-state index in [0.29, 0.717) is 17.9 Å². The van der Waals surface area contributed by atoms with E-state index in [1.807, 2.05) is 63.2 Å². The first kappa shape index (κ1) is 25.6. The zero-order valence-corrected chi connectivity index (χ0v) is 21.8. The molecule has 3 aliphatic rings. The van der Waals surface area contributed by atoms with Crippen LogP contribution in [0.4, 0.5) is 10.5 Å². The Morgan fingerprint density at radius 2 is 1.92 bits per heavy atom. The molecule has 2 bridgehead atoms. The van der Waals surface area contributed by atoms with Gasteiger partial charge in [0.05, 0.1) is 11.8 Å². The summed E-state index contributed by atoms with van der Waals surface area (Å²) >= 11 is 0. The van der Waals surface area contributed by atoms with Gasteiger partial charge in [0.25, 0.3) is 5.91 Å². The van der Waals surface area contributed by atoms with Gasteiger partial charge in [-0.3, -0.25) is 14.5 Å². The molecule has 2 aliphatic heterocycles. The number of nitrogens with one attached hydrogen (secondary N) is 2. The first-order valence-corrected chi connectivity index (χ1v) is 13.0. The molecule has 5 rings (SSSR count). The number of nitriles is 1. The molecule has 9 heteroatoms. The zero-order valence-electron chi connectivity index (χ0n) is 21.8. The van der Waals surface area contributed by atoms with E-state index >= 15 is 0 Å². The average Bonchev–Trinajstić information content (AvgIpc) is 3.49. The highest BCUT2D eigenvalue weighted by molar-refractivity contribution is 5.96. The second-order valence-electron chi connectivity index (χ2n) is 11.2. The third kappa shape index (κ3) is 5.30. The number of fused-ring (bicyclic) bond motifs is 3. The predicted molar refractivity (Wildman–Crippen MR) is 140 cm³/mol. The summed E-state index contributed by atoms with van der Waals surface area (Å²) in [5.74, 6) is 0.232. The largest absolute Gasteiger partial charge is 0.482 e. The first-order chi connectivity index (χ1) is 18.1. The van der Waals surface area contributed by atoms with E-state index in [1.54, 1.807) is 4.90 Å². The van der Waals surface area contributed by atoms with Crippen molar-refractivity contribution in [2.45, 2.75) is 70.2 Å². The minimum absolute atomic E-state index is 0.00200. The van der Waals surface area contributed by atoms with Gasteiger partial charge in [0.1, 0.15) is 23.4 Å². The summed E-state index contributed by atoms with van der Waals surface area (Å²) in [4.78, 5) is 39.4. The lowest BCUT2D eigenvalue weighted by molar-refractivity contribution is -0.128. The van der Waals surface area contributed by atoms with E-state index < -0.39 is 23.8 Å². The Bertz CT molecular complexity index is 1290. The predicted octanol–water partition coefficient (Wildman–Crippen LogP) is 4.02. The summed E-state index contributed by atoms with van der Waals surface area (Å²) < 4.78 is 11.0. The maximum absolute atomic E-state index is 13.3. The van der Waals surface area contributed by atoms with Crippen molar-refractivity contribution in [1.82, 2.24) is 10.2 Å². The van der Waals surface area contributed by atoms with Crippen LogP contribution in [0.5, 0.6) is 5.75 Å². The Labute approximate surface area is 222 Å². The van der Waals surface area contributed by atoms with Gasteiger partial charge in [-0.05, 0) is 74.8 Å². The van der Waals surface area contributed by atoms with Crippen LogP contribution in [-0.2, 0) is 20.7 Å². The van der Waals surface area contributed by atoms with Crippen molar-refractivity contribution in [3.63, 3.8) is 0 Å². The quantitative estimate of drug-likeness (QED) is 0.619. The number of likely N-dealkylation sites (tertiary alicyclic amines) is 1. The van der Waals surface area contributed by atoms with Crippen LogP contribution in [0.25, 0.3) is 11.1 Å². The highest BCUT2D eigenvalue weighted by Gasteiger charge is 2.52. The molecule has 2 fully saturated rings. The van der Waals surface area contributed by atoms with Crippen molar-refractivity contribution in [2.75, 3.05) is 11.9 Å². The molecule has 198 valence electrons. The molecule has 2 N–H and O–H groups in total. The van der Waals surface area contributed by atoms with Gasteiger partial charge < -0.3 is 20.1 Å². The molecular weight excluding hydrogens is 484 g/mol. The Kier molecular flexibility index (Phi) is 6.74. The number of rotatable bonds is 5. The summed E-state index contributed by atoms with van der Waals surface area (Å²) in [5.41, 5.74) is 2.75. The van der Waals surface area contributed by atoms with Crippen LogP contribution in [0, 0.1) is 17.2 Å². The van der Waals surface area contributed by atoms with Crippen molar-refractivity contribution in [3.05, 3.63) is 48.0 Å². The van der Waals surface area contributed by atoms with Crippen LogP contribution in [0.3, 0.4) is 0 Å². The molecule has 0 radical (unpaired) electrons. The van der Waals surface area contributed by atoms with Crippen molar-refractivity contribution in [1.29, 1.82) is 5.26 Å². The Hall–Kier alpha value is -4.06. The van der Waals surface area contributed by atoms with Crippen molar-refractivity contribution in [2.24, 2.45) is 5.92 Å². The second kappa shape index (κ2) is 10.0. The average molecular weight is 517 g/mol. The SMILES string of the molecule is CC(C)(C)OC(=O)N1C2CCC(C2)C1C(=O)N[C@H](C#N)Cc1ccc(-c2ccc3c(c2)NC(=O)CO3)cc1. The number of carbonyl (C=O) groups is 3. The van der Waals surface area contributed by atoms with Crippen molar-refractivity contribution in [3.8, 4) is 22.9 Å². The molecule has 3 unspecified atom stereocenters. The Morgan fingerprint density at radius 3 is 2.63 bits per heavy atom. The number of nitrogens with zero attached hydrogens (tertiary/aromatic N) is 2. The fourth-order valence-corrected chi connectivity index (χ4v) is 5.62. The van der Waals surface area contributed by atoms with E-state index in [1.165, 1.54) is 0 Å². The number of hydrogen-bond donors (Lipinski definition) is 2. The minimum Gasteiger partial charge on any atom is -0.482 e. The van der Waals surface area contributed by atoms with Gasteiger partial charge in [0.2, 0.25) is 5.91 Å². The Balaban J connectivity index is 1.24. The molecule has 0 spiro atoms. The summed E-state index contributed by atoms with van der Waals surface area (Å²) in [6.45, 7) is 5.44. The van der Waals surface area contributed by atoms with E-state index in [2.05, 4.69) is 16.7 Å². The van der Waals surface area contributed by atoms with E-state index in [0.717, 1.165) is 36.0 Å². The van der Waals surface area contributed by atoms with Crippen molar-refractivity contribution < 1.29 is 23.9 Å². The highest BCUT2D eigenvalue weighted by atomic mass is 16.6. The number of amides is 3. The van der Waals surface area contributed by atoms with Crippen LogP contribution in [0.2, 0.25) is 0 Å². The minimum atomic E-state index is -0.732. The summed E-state index contributed by atoms with van der Waals surface area (Å²) in [5, 5.41) is 15.5. The van der Waals surface area contributed by atoms with Crippen LogP contribution >= 0.6 is 0 Å². The van der Waals surface area contributed by atoms with Crippen molar-refractivity contribution >= 4 is 23.6 Å². The standard InChI is InChI=1S/C29H32N4O5/c1-29(2,3)38-28(36)33-22-10-8-20(13-22)26(33)27(35)31-21(15-30)12-17-4-6-18(7-5-17)19-9-11-24-23(14-19)32-25(34)16-37-24/h4-7,9,11,14,20-22,26H,8,10,12-13,16H2,1-3H3,(H,31,35)(H,32,34)/t20?,21-,22?,26?/m0/s1. The lowest BCUT2D eigenvalue weighted by atomic mass is 9.97. The second-order valence-corrected chi connectivity index (χ2v) is 11.2. The van der Waals surface area contributed by atoms with Crippen LogP contribution in [0.15, 0.2) is 42.5 Å². The van der Waals surface area contributed by atoms with Crippen LogP contribution in [0.1, 0.15) is 45.6 Å². The van der Waals surface area contributed by atoms with Gasteiger partial charge >= 0.3 is 6.09 Å². The van der Waals surface area contributed by atoms with Gasteiger partial charge in [-0.1, -0.05) is 30.3 Å². The monoisotopic (exact) mass is 516 g/mol. The number of piperidine rings is 1. The van der Waals surface area contributed by atoms with Crippen LogP contribution < -0.4 is 15.4 Å². The fraction of sp³-hybridized carbons (Fsp3) is 0.448. The number of anilines is 1. The van der Waals surface area contributed by atoms with Gasteiger partial charge in [-0.2, -0.15) is 5.26 Å².